The van der Waals surface area contributed by atoms with Gasteiger partial charge in [0.05, 0.1) is 0 Å². The van der Waals surface area contributed by atoms with Crippen molar-refractivity contribution >= 4 is 0 Å². The maximum atomic E-state index is 4.56. The Hall–Kier alpha value is -1.88. The monoisotopic (exact) mass is 285 g/mol. The standard InChI is InChI=1S/C16H23N5/c1-10-7-17-14(18-8-10)15-20-11(2)13(12(3)21-15)9-19-16(4,5)6/h7-8,19H,9H2,1-6H3. The number of hydrogen-bond donors (Lipinski definition) is 1. The van der Waals surface area contributed by atoms with Gasteiger partial charge in [-0.15, -0.1) is 0 Å². The van der Waals surface area contributed by atoms with Crippen LogP contribution in [0.1, 0.15) is 43.3 Å². The smallest absolute Gasteiger partial charge is 0.198 e. The molecular weight excluding hydrogens is 262 g/mol. The molecule has 1 N–H and O–H groups in total. The molecule has 5 nitrogen and oxygen atoms in total. The molecule has 2 heterocycles. The molecule has 0 bridgehead atoms. The van der Waals surface area contributed by atoms with Gasteiger partial charge in [0.25, 0.3) is 0 Å². The highest BCUT2D eigenvalue weighted by Gasteiger charge is 2.14. The molecule has 21 heavy (non-hydrogen) atoms. The van der Waals surface area contributed by atoms with Crippen LogP contribution in [0.15, 0.2) is 12.4 Å². The van der Waals surface area contributed by atoms with Crippen LogP contribution in [0.5, 0.6) is 0 Å². The van der Waals surface area contributed by atoms with Gasteiger partial charge in [-0.3, -0.25) is 0 Å². The van der Waals surface area contributed by atoms with Crippen molar-refractivity contribution in [3.63, 3.8) is 0 Å². The van der Waals surface area contributed by atoms with Gasteiger partial charge in [0.15, 0.2) is 11.6 Å². The number of rotatable bonds is 3. The van der Waals surface area contributed by atoms with Crippen LogP contribution in [0.4, 0.5) is 0 Å². The van der Waals surface area contributed by atoms with Gasteiger partial charge in [0.2, 0.25) is 0 Å². The lowest BCUT2D eigenvalue weighted by atomic mass is 10.1. The summed E-state index contributed by atoms with van der Waals surface area (Å²) < 4.78 is 0. The van der Waals surface area contributed by atoms with Crippen LogP contribution in [-0.4, -0.2) is 25.5 Å². The molecule has 0 saturated carbocycles. The Labute approximate surface area is 126 Å². The molecule has 0 radical (unpaired) electrons. The molecule has 0 aromatic carbocycles. The topological polar surface area (TPSA) is 63.6 Å². The Morgan fingerprint density at radius 1 is 0.905 bits per heavy atom. The predicted octanol–water partition coefficient (Wildman–Crippen LogP) is 2.75. The molecule has 0 aliphatic carbocycles. The molecule has 2 rings (SSSR count). The summed E-state index contributed by atoms with van der Waals surface area (Å²) in [5, 5.41) is 3.48. The van der Waals surface area contributed by atoms with Crippen molar-refractivity contribution in [2.75, 3.05) is 0 Å². The summed E-state index contributed by atoms with van der Waals surface area (Å²) in [6.45, 7) is 13.2. The summed E-state index contributed by atoms with van der Waals surface area (Å²) in [6, 6.07) is 0. The Morgan fingerprint density at radius 3 is 1.90 bits per heavy atom. The van der Waals surface area contributed by atoms with Gasteiger partial charge in [-0.2, -0.15) is 0 Å². The van der Waals surface area contributed by atoms with Crippen LogP contribution in [-0.2, 0) is 6.54 Å². The largest absolute Gasteiger partial charge is 0.308 e. The molecular formula is C16H23N5. The van der Waals surface area contributed by atoms with Crippen molar-refractivity contribution < 1.29 is 0 Å². The maximum Gasteiger partial charge on any atom is 0.198 e. The highest BCUT2D eigenvalue weighted by Crippen LogP contribution is 2.16. The van der Waals surface area contributed by atoms with Gasteiger partial charge < -0.3 is 5.32 Å². The van der Waals surface area contributed by atoms with Crippen LogP contribution in [0.3, 0.4) is 0 Å². The Bertz CT molecular complexity index is 603. The average Bonchev–Trinajstić information content (AvgIpc) is 2.37. The molecule has 112 valence electrons. The first-order chi connectivity index (χ1) is 9.76. The Morgan fingerprint density at radius 2 is 1.43 bits per heavy atom. The van der Waals surface area contributed by atoms with Crippen molar-refractivity contribution in [2.24, 2.45) is 0 Å². The van der Waals surface area contributed by atoms with Gasteiger partial charge in [-0.05, 0) is 47.1 Å². The highest BCUT2D eigenvalue weighted by molar-refractivity contribution is 5.45. The first kappa shape index (κ1) is 15.5. The van der Waals surface area contributed by atoms with E-state index in [2.05, 4.69) is 46.0 Å². The molecule has 0 saturated heterocycles. The van der Waals surface area contributed by atoms with Gasteiger partial charge in [-0.1, -0.05) is 0 Å². The third kappa shape index (κ3) is 4.04. The minimum Gasteiger partial charge on any atom is -0.308 e. The zero-order valence-electron chi connectivity index (χ0n) is 13.7. The van der Waals surface area contributed by atoms with Crippen molar-refractivity contribution in [3.05, 3.63) is 34.9 Å². The van der Waals surface area contributed by atoms with Crippen LogP contribution in [0.25, 0.3) is 11.6 Å². The second kappa shape index (κ2) is 5.85. The van der Waals surface area contributed by atoms with E-state index in [1.807, 2.05) is 20.8 Å². The fraction of sp³-hybridized carbons (Fsp3) is 0.500. The second-order valence-corrected chi connectivity index (χ2v) is 6.38. The third-order valence-electron chi connectivity index (χ3n) is 3.20. The fourth-order valence-electron chi connectivity index (χ4n) is 1.96. The molecule has 0 spiro atoms. The van der Waals surface area contributed by atoms with E-state index < -0.39 is 0 Å². The van der Waals surface area contributed by atoms with E-state index in [1.165, 1.54) is 0 Å². The molecule has 5 heteroatoms. The normalized spacial score (nSPS) is 11.7. The first-order valence-electron chi connectivity index (χ1n) is 7.14. The van der Waals surface area contributed by atoms with E-state index in [4.69, 9.17) is 0 Å². The van der Waals surface area contributed by atoms with E-state index in [0.29, 0.717) is 11.6 Å². The molecule has 2 aromatic heterocycles. The van der Waals surface area contributed by atoms with E-state index in [1.54, 1.807) is 12.4 Å². The van der Waals surface area contributed by atoms with Crippen molar-refractivity contribution in [1.29, 1.82) is 0 Å². The Kier molecular flexibility index (Phi) is 4.32. The molecule has 0 amide bonds. The summed E-state index contributed by atoms with van der Waals surface area (Å²) in [7, 11) is 0. The van der Waals surface area contributed by atoms with E-state index >= 15 is 0 Å². The van der Waals surface area contributed by atoms with Gasteiger partial charge in [-0.25, -0.2) is 19.9 Å². The van der Waals surface area contributed by atoms with Crippen LogP contribution >= 0.6 is 0 Å². The summed E-state index contributed by atoms with van der Waals surface area (Å²) in [5.74, 6) is 1.16. The van der Waals surface area contributed by atoms with E-state index in [9.17, 15) is 0 Å². The minimum atomic E-state index is 0.0671. The summed E-state index contributed by atoms with van der Waals surface area (Å²) >= 11 is 0. The zero-order valence-corrected chi connectivity index (χ0v) is 13.7. The van der Waals surface area contributed by atoms with Crippen LogP contribution < -0.4 is 5.32 Å². The summed E-state index contributed by atoms with van der Waals surface area (Å²) in [6.07, 6.45) is 3.57. The molecule has 2 aromatic rings. The van der Waals surface area contributed by atoms with Crippen molar-refractivity contribution in [2.45, 2.75) is 53.6 Å². The first-order valence-corrected chi connectivity index (χ1v) is 7.14. The number of nitrogens with zero attached hydrogens (tertiary/aromatic N) is 4. The SMILES string of the molecule is Cc1cnc(-c2nc(C)c(CNC(C)(C)C)c(C)n2)nc1. The fourth-order valence-corrected chi connectivity index (χ4v) is 1.96. The molecule has 0 unspecified atom stereocenters. The van der Waals surface area contributed by atoms with Gasteiger partial charge in [0.1, 0.15) is 0 Å². The molecule has 0 fully saturated rings. The molecule has 0 aliphatic heterocycles. The lowest BCUT2D eigenvalue weighted by Gasteiger charge is -2.21. The van der Waals surface area contributed by atoms with E-state index in [0.717, 1.165) is 29.1 Å². The third-order valence-corrected chi connectivity index (χ3v) is 3.20. The number of nitrogens with one attached hydrogen (secondary N) is 1. The molecule has 0 atom stereocenters. The lowest BCUT2D eigenvalue weighted by molar-refractivity contribution is 0.422. The predicted molar refractivity (Wildman–Crippen MR) is 83.9 cm³/mol. The lowest BCUT2D eigenvalue weighted by Crippen LogP contribution is -2.35. The van der Waals surface area contributed by atoms with E-state index in [-0.39, 0.29) is 5.54 Å². The highest BCUT2D eigenvalue weighted by atomic mass is 15.0. The Balaban J connectivity index is 2.30. The van der Waals surface area contributed by atoms with Crippen LogP contribution in [0.2, 0.25) is 0 Å². The summed E-state index contributed by atoms with van der Waals surface area (Å²) in [4.78, 5) is 17.7. The minimum absolute atomic E-state index is 0.0671. The van der Waals surface area contributed by atoms with Gasteiger partial charge >= 0.3 is 0 Å². The number of hydrogen-bond acceptors (Lipinski definition) is 5. The second-order valence-electron chi connectivity index (χ2n) is 6.38. The van der Waals surface area contributed by atoms with Crippen molar-refractivity contribution in [3.8, 4) is 11.6 Å². The summed E-state index contributed by atoms with van der Waals surface area (Å²) in [5.41, 5.74) is 4.17. The quantitative estimate of drug-likeness (QED) is 0.939. The van der Waals surface area contributed by atoms with Gasteiger partial charge in [0, 0.05) is 41.4 Å². The average molecular weight is 285 g/mol. The molecule has 0 aliphatic rings. The maximum absolute atomic E-state index is 4.56. The van der Waals surface area contributed by atoms with Crippen LogP contribution in [0, 0.1) is 20.8 Å². The van der Waals surface area contributed by atoms with Crippen molar-refractivity contribution in [1.82, 2.24) is 25.3 Å². The number of aryl methyl sites for hydroxylation is 3. The number of aromatic nitrogens is 4. The zero-order chi connectivity index (χ0) is 15.6.